The number of hydrogen-bond acceptors (Lipinski definition) is 6. The van der Waals surface area contributed by atoms with Crippen LogP contribution in [0.2, 0.25) is 0 Å². The molecule has 1 rings (SSSR count). The first-order chi connectivity index (χ1) is 8.92. The molecule has 0 spiro atoms. The molecular formula is C13H20O6. The van der Waals surface area contributed by atoms with Gasteiger partial charge in [0, 0.05) is 17.9 Å². The fraction of sp³-hybridized carbons (Fsp3) is 0.692. The second-order valence-corrected chi connectivity index (χ2v) is 4.64. The number of carbonyl (C=O) groups is 2. The maximum atomic E-state index is 11.6. The van der Waals surface area contributed by atoms with Gasteiger partial charge in [0.1, 0.15) is 0 Å². The third-order valence-electron chi connectivity index (χ3n) is 3.43. The quantitative estimate of drug-likeness (QED) is 0.587. The summed E-state index contributed by atoms with van der Waals surface area (Å²) in [6, 6.07) is 0. The zero-order valence-electron chi connectivity index (χ0n) is 11.5. The third kappa shape index (κ3) is 3.54. The van der Waals surface area contributed by atoms with E-state index in [1.165, 1.54) is 26.4 Å². The summed E-state index contributed by atoms with van der Waals surface area (Å²) in [6.07, 6.45) is 0.600. The maximum absolute atomic E-state index is 11.6. The molecule has 1 N–H and O–H groups in total. The van der Waals surface area contributed by atoms with Gasteiger partial charge in [-0.1, -0.05) is 13.8 Å². The molecule has 0 saturated carbocycles. The molecule has 5 atom stereocenters. The van der Waals surface area contributed by atoms with Crippen molar-refractivity contribution in [3.8, 4) is 0 Å². The summed E-state index contributed by atoms with van der Waals surface area (Å²) < 4.78 is 14.7. The highest BCUT2D eigenvalue weighted by Gasteiger charge is 2.43. The molecule has 0 bridgehead atoms. The van der Waals surface area contributed by atoms with Crippen molar-refractivity contribution in [1.29, 1.82) is 0 Å². The third-order valence-corrected chi connectivity index (χ3v) is 3.43. The molecule has 19 heavy (non-hydrogen) atoms. The summed E-state index contributed by atoms with van der Waals surface area (Å²) in [4.78, 5) is 22.7. The zero-order chi connectivity index (χ0) is 14.6. The predicted octanol–water partition coefficient (Wildman–Crippen LogP) is 0.289. The van der Waals surface area contributed by atoms with E-state index in [0.29, 0.717) is 0 Å². The first-order valence-electron chi connectivity index (χ1n) is 6.09. The van der Waals surface area contributed by atoms with Gasteiger partial charge in [0.25, 0.3) is 0 Å². The van der Waals surface area contributed by atoms with Crippen molar-refractivity contribution < 1.29 is 28.9 Å². The van der Waals surface area contributed by atoms with Crippen LogP contribution < -0.4 is 0 Å². The fourth-order valence-corrected chi connectivity index (χ4v) is 2.12. The van der Waals surface area contributed by atoms with Crippen molar-refractivity contribution in [2.75, 3.05) is 14.2 Å². The van der Waals surface area contributed by atoms with Gasteiger partial charge in [-0.3, -0.25) is 0 Å². The van der Waals surface area contributed by atoms with Gasteiger partial charge in [-0.2, -0.15) is 0 Å². The zero-order valence-corrected chi connectivity index (χ0v) is 11.5. The maximum Gasteiger partial charge on any atom is 0.335 e. The van der Waals surface area contributed by atoms with E-state index in [2.05, 4.69) is 9.47 Å². The fourth-order valence-electron chi connectivity index (χ4n) is 2.12. The summed E-state index contributed by atoms with van der Waals surface area (Å²) in [5, 5.41) is 10.1. The normalized spacial score (nSPS) is 35.1. The smallest absolute Gasteiger partial charge is 0.335 e. The van der Waals surface area contributed by atoms with Crippen LogP contribution in [-0.4, -0.2) is 49.6 Å². The van der Waals surface area contributed by atoms with Crippen molar-refractivity contribution in [3.63, 3.8) is 0 Å². The Morgan fingerprint density at radius 1 is 1.16 bits per heavy atom. The van der Waals surface area contributed by atoms with Gasteiger partial charge in [-0.25, -0.2) is 9.59 Å². The number of hydrogen-bond donors (Lipinski definition) is 1. The van der Waals surface area contributed by atoms with E-state index in [1.54, 1.807) is 13.8 Å². The summed E-state index contributed by atoms with van der Waals surface area (Å²) >= 11 is 0. The van der Waals surface area contributed by atoms with E-state index in [4.69, 9.17) is 4.74 Å². The van der Waals surface area contributed by atoms with Gasteiger partial charge >= 0.3 is 11.9 Å². The lowest BCUT2D eigenvalue weighted by Gasteiger charge is -2.40. The van der Waals surface area contributed by atoms with E-state index >= 15 is 0 Å². The summed E-state index contributed by atoms with van der Waals surface area (Å²) in [7, 11) is 2.54. The highest BCUT2D eigenvalue weighted by atomic mass is 16.6. The second kappa shape index (κ2) is 6.68. The Hall–Kier alpha value is -1.40. The molecule has 1 fully saturated rings. The van der Waals surface area contributed by atoms with Gasteiger partial charge < -0.3 is 19.3 Å². The molecule has 0 aromatic heterocycles. The van der Waals surface area contributed by atoms with Crippen molar-refractivity contribution in [1.82, 2.24) is 0 Å². The van der Waals surface area contributed by atoms with Crippen LogP contribution in [0.5, 0.6) is 0 Å². The molecule has 1 aliphatic heterocycles. The molecule has 1 aliphatic rings. The molecule has 6 nitrogen and oxygen atoms in total. The van der Waals surface area contributed by atoms with Gasteiger partial charge in [-0.05, 0) is 6.08 Å². The SMILES string of the molecule is COC(=O)/C=C\[C@@H]1O[C@H](C(=O)OC)[C@H](C)[C@H](O)[C@@H]1C. The van der Waals surface area contributed by atoms with Crippen LogP contribution in [-0.2, 0) is 23.8 Å². The average molecular weight is 272 g/mol. The first kappa shape index (κ1) is 15.7. The lowest BCUT2D eigenvalue weighted by Crippen LogP contribution is -2.51. The van der Waals surface area contributed by atoms with Crippen molar-refractivity contribution in [3.05, 3.63) is 12.2 Å². The van der Waals surface area contributed by atoms with Crippen LogP contribution in [0.3, 0.4) is 0 Å². The molecule has 0 unspecified atom stereocenters. The van der Waals surface area contributed by atoms with E-state index < -0.39 is 30.3 Å². The topological polar surface area (TPSA) is 82.1 Å². The minimum absolute atomic E-state index is 0.239. The lowest BCUT2D eigenvalue weighted by atomic mass is 9.82. The lowest BCUT2D eigenvalue weighted by molar-refractivity contribution is -0.185. The van der Waals surface area contributed by atoms with Crippen LogP contribution in [0.4, 0.5) is 0 Å². The molecular weight excluding hydrogens is 252 g/mol. The molecule has 0 aromatic rings. The number of aliphatic hydroxyl groups is 1. The van der Waals surface area contributed by atoms with E-state index in [0.717, 1.165) is 0 Å². The van der Waals surface area contributed by atoms with Gasteiger partial charge in [-0.15, -0.1) is 0 Å². The van der Waals surface area contributed by atoms with E-state index in [-0.39, 0.29) is 11.8 Å². The average Bonchev–Trinajstić information content (AvgIpc) is 2.42. The Bertz CT molecular complexity index is 364. The highest BCUT2D eigenvalue weighted by molar-refractivity contribution is 5.81. The van der Waals surface area contributed by atoms with Crippen LogP contribution in [0.15, 0.2) is 12.2 Å². The van der Waals surface area contributed by atoms with Gasteiger partial charge in [0.2, 0.25) is 0 Å². The van der Waals surface area contributed by atoms with Crippen LogP contribution in [0.1, 0.15) is 13.8 Å². The molecule has 0 aliphatic carbocycles. The number of methoxy groups -OCH3 is 2. The van der Waals surface area contributed by atoms with Crippen molar-refractivity contribution >= 4 is 11.9 Å². The number of carbonyl (C=O) groups excluding carboxylic acids is 2. The molecule has 108 valence electrons. The predicted molar refractivity (Wildman–Crippen MR) is 66.2 cm³/mol. The number of ether oxygens (including phenoxy) is 3. The Kier molecular flexibility index (Phi) is 5.50. The minimum atomic E-state index is -0.844. The standard InChI is InChI=1S/C13H20O6/c1-7-9(5-6-10(14)17-3)19-12(13(16)18-4)8(2)11(7)15/h5-9,11-12,15H,1-4H3/b6-5-/t7-,8-,9+,11-,12+/m1/s1. The molecule has 0 aromatic carbocycles. The Balaban J connectivity index is 2.84. The van der Waals surface area contributed by atoms with E-state index in [9.17, 15) is 14.7 Å². The molecule has 1 saturated heterocycles. The highest BCUT2D eigenvalue weighted by Crippen LogP contribution is 2.31. The monoisotopic (exact) mass is 272 g/mol. The first-order valence-corrected chi connectivity index (χ1v) is 6.09. The van der Waals surface area contributed by atoms with Crippen LogP contribution in [0, 0.1) is 11.8 Å². The Morgan fingerprint density at radius 3 is 2.32 bits per heavy atom. The minimum Gasteiger partial charge on any atom is -0.467 e. The van der Waals surface area contributed by atoms with Gasteiger partial charge in [0.05, 0.1) is 26.4 Å². The molecule has 1 heterocycles. The number of aliphatic hydroxyl groups excluding tert-OH is 1. The Labute approximate surface area is 112 Å². The second-order valence-electron chi connectivity index (χ2n) is 4.64. The number of esters is 2. The van der Waals surface area contributed by atoms with E-state index in [1.807, 2.05) is 0 Å². The molecule has 0 radical (unpaired) electrons. The van der Waals surface area contributed by atoms with Crippen molar-refractivity contribution in [2.24, 2.45) is 11.8 Å². The van der Waals surface area contributed by atoms with Crippen LogP contribution >= 0.6 is 0 Å². The van der Waals surface area contributed by atoms with Gasteiger partial charge in [0.15, 0.2) is 6.10 Å². The summed E-state index contributed by atoms with van der Waals surface area (Å²) in [5.74, 6) is -1.66. The Morgan fingerprint density at radius 2 is 1.79 bits per heavy atom. The van der Waals surface area contributed by atoms with Crippen molar-refractivity contribution in [2.45, 2.75) is 32.2 Å². The molecule has 6 heteroatoms. The molecule has 0 amide bonds. The number of rotatable bonds is 3. The summed E-state index contributed by atoms with van der Waals surface area (Å²) in [6.45, 7) is 3.52. The largest absolute Gasteiger partial charge is 0.467 e. The van der Waals surface area contributed by atoms with Crippen LogP contribution in [0.25, 0.3) is 0 Å². The summed E-state index contributed by atoms with van der Waals surface area (Å²) in [5.41, 5.74) is 0.